The number of fused-ring (bicyclic) bond motifs is 2. The maximum Gasteiger partial charge on any atom is 0.308 e. The summed E-state index contributed by atoms with van der Waals surface area (Å²) in [6.07, 6.45) is 0. The predicted molar refractivity (Wildman–Crippen MR) is 102 cm³/mol. The van der Waals surface area contributed by atoms with Gasteiger partial charge in [-0.25, -0.2) is 0 Å². The Balaban J connectivity index is 2.29. The van der Waals surface area contributed by atoms with Crippen molar-refractivity contribution in [1.29, 1.82) is 0 Å². The average molecular weight is 394 g/mol. The summed E-state index contributed by atoms with van der Waals surface area (Å²) < 4.78 is 10.3. The number of carbonyl (C=O) groups excluding carboxylic acids is 5. The standard InChI is InChI=1S/C22H18O7/c1-10(2)20(25)13-8-15-19(17(9-13)29-12(4)24)22(27)18-14(21(15)26)6-5-7-16(18)28-11(3)23/h5-10H,1-4H3. The van der Waals surface area contributed by atoms with Gasteiger partial charge in [0.2, 0.25) is 5.78 Å². The van der Waals surface area contributed by atoms with Crippen molar-refractivity contribution in [3.63, 3.8) is 0 Å². The van der Waals surface area contributed by atoms with E-state index >= 15 is 0 Å². The number of Topliss-reactive ketones (excluding diaryl/α,β-unsaturated/α-hetero) is 1. The molecular weight excluding hydrogens is 376 g/mol. The molecule has 148 valence electrons. The Morgan fingerprint density at radius 2 is 1.38 bits per heavy atom. The van der Waals surface area contributed by atoms with Gasteiger partial charge in [-0.1, -0.05) is 26.0 Å². The highest BCUT2D eigenvalue weighted by atomic mass is 16.5. The third-order valence-corrected chi connectivity index (χ3v) is 4.39. The van der Waals surface area contributed by atoms with Gasteiger partial charge >= 0.3 is 11.9 Å². The minimum absolute atomic E-state index is 0.0368. The summed E-state index contributed by atoms with van der Waals surface area (Å²) in [5.74, 6) is -3.39. The average Bonchev–Trinajstić information content (AvgIpc) is 2.63. The molecule has 29 heavy (non-hydrogen) atoms. The summed E-state index contributed by atoms with van der Waals surface area (Å²) in [5, 5.41) is 0. The lowest BCUT2D eigenvalue weighted by atomic mass is 9.81. The number of benzene rings is 2. The highest BCUT2D eigenvalue weighted by Crippen LogP contribution is 2.38. The molecule has 0 heterocycles. The Labute approximate surface area is 166 Å². The van der Waals surface area contributed by atoms with E-state index < -0.39 is 23.5 Å². The fraction of sp³-hybridized carbons (Fsp3) is 0.227. The van der Waals surface area contributed by atoms with Crippen LogP contribution < -0.4 is 9.47 Å². The Morgan fingerprint density at radius 1 is 0.793 bits per heavy atom. The number of hydrogen-bond donors (Lipinski definition) is 0. The maximum atomic E-state index is 13.3. The molecule has 0 amide bonds. The van der Waals surface area contributed by atoms with Crippen molar-refractivity contribution in [3.8, 4) is 11.5 Å². The molecule has 0 aromatic heterocycles. The Bertz CT molecular complexity index is 1090. The molecule has 0 unspecified atom stereocenters. The monoisotopic (exact) mass is 394 g/mol. The number of hydrogen-bond acceptors (Lipinski definition) is 7. The second kappa shape index (κ2) is 7.43. The molecule has 0 fully saturated rings. The molecule has 0 saturated carbocycles. The van der Waals surface area contributed by atoms with Crippen LogP contribution in [0.4, 0.5) is 0 Å². The van der Waals surface area contributed by atoms with Crippen molar-refractivity contribution in [2.24, 2.45) is 5.92 Å². The minimum atomic E-state index is -0.708. The summed E-state index contributed by atoms with van der Waals surface area (Å²) in [7, 11) is 0. The van der Waals surface area contributed by atoms with Gasteiger partial charge in [-0.3, -0.25) is 24.0 Å². The summed E-state index contributed by atoms with van der Waals surface area (Å²) in [6.45, 7) is 5.72. The fourth-order valence-corrected chi connectivity index (χ4v) is 3.20. The van der Waals surface area contributed by atoms with E-state index in [1.165, 1.54) is 37.3 Å². The van der Waals surface area contributed by atoms with Crippen LogP contribution in [0.25, 0.3) is 0 Å². The number of ketones is 3. The van der Waals surface area contributed by atoms with Gasteiger partial charge in [-0.15, -0.1) is 0 Å². The Hall–Kier alpha value is -3.61. The molecule has 0 radical (unpaired) electrons. The van der Waals surface area contributed by atoms with Crippen LogP contribution in [-0.2, 0) is 9.59 Å². The van der Waals surface area contributed by atoms with Crippen LogP contribution in [-0.4, -0.2) is 29.3 Å². The van der Waals surface area contributed by atoms with Crippen LogP contribution in [0.15, 0.2) is 30.3 Å². The Kier molecular flexibility index (Phi) is 5.16. The third-order valence-electron chi connectivity index (χ3n) is 4.39. The minimum Gasteiger partial charge on any atom is -0.426 e. The van der Waals surface area contributed by atoms with Gasteiger partial charge in [-0.2, -0.15) is 0 Å². The van der Waals surface area contributed by atoms with Crippen molar-refractivity contribution < 1.29 is 33.4 Å². The SMILES string of the molecule is CC(=O)Oc1cccc2c1C(=O)c1c(OC(C)=O)cc(C(=O)C(C)C)cc1C2=O. The molecule has 0 N–H and O–H groups in total. The maximum absolute atomic E-state index is 13.3. The summed E-state index contributed by atoms with van der Waals surface area (Å²) in [5.41, 5.74) is -0.0562. The molecule has 7 nitrogen and oxygen atoms in total. The van der Waals surface area contributed by atoms with Crippen molar-refractivity contribution in [2.45, 2.75) is 27.7 Å². The summed E-state index contributed by atoms with van der Waals surface area (Å²) in [6, 6.07) is 6.95. The van der Waals surface area contributed by atoms with E-state index in [1.807, 2.05) is 0 Å². The van der Waals surface area contributed by atoms with Crippen LogP contribution >= 0.6 is 0 Å². The van der Waals surface area contributed by atoms with Gasteiger partial charge in [0.25, 0.3) is 0 Å². The first-order valence-electron chi connectivity index (χ1n) is 8.93. The number of ether oxygens (including phenoxy) is 2. The quantitative estimate of drug-likeness (QED) is 0.380. The van der Waals surface area contributed by atoms with E-state index in [9.17, 15) is 24.0 Å². The molecule has 0 bridgehead atoms. The lowest BCUT2D eigenvalue weighted by Crippen LogP contribution is -2.25. The van der Waals surface area contributed by atoms with Gasteiger partial charge in [-0.05, 0) is 18.2 Å². The van der Waals surface area contributed by atoms with Gasteiger partial charge in [0.1, 0.15) is 11.5 Å². The third kappa shape index (κ3) is 3.59. The zero-order valence-electron chi connectivity index (χ0n) is 16.3. The van der Waals surface area contributed by atoms with Crippen LogP contribution in [0.1, 0.15) is 69.9 Å². The molecule has 0 aliphatic heterocycles. The zero-order chi connectivity index (χ0) is 21.5. The van der Waals surface area contributed by atoms with Gasteiger partial charge in [0, 0.05) is 36.5 Å². The van der Waals surface area contributed by atoms with E-state index in [0.717, 1.165) is 6.92 Å². The molecule has 1 aliphatic rings. The van der Waals surface area contributed by atoms with E-state index in [-0.39, 0.29) is 51.0 Å². The number of carbonyl (C=O) groups is 5. The van der Waals surface area contributed by atoms with Crippen LogP contribution in [0, 0.1) is 5.92 Å². The normalized spacial score (nSPS) is 12.3. The first kappa shape index (κ1) is 20.1. The predicted octanol–water partition coefficient (Wildman–Crippen LogP) is 3.15. The first-order chi connectivity index (χ1) is 13.6. The fourth-order valence-electron chi connectivity index (χ4n) is 3.20. The first-order valence-corrected chi connectivity index (χ1v) is 8.93. The van der Waals surface area contributed by atoms with Gasteiger partial charge < -0.3 is 9.47 Å². The molecule has 1 aliphatic carbocycles. The van der Waals surface area contributed by atoms with E-state index in [4.69, 9.17) is 9.47 Å². The smallest absolute Gasteiger partial charge is 0.308 e. The zero-order valence-corrected chi connectivity index (χ0v) is 16.3. The van der Waals surface area contributed by atoms with E-state index in [1.54, 1.807) is 13.8 Å². The van der Waals surface area contributed by atoms with Crippen molar-refractivity contribution in [2.75, 3.05) is 0 Å². The van der Waals surface area contributed by atoms with Gasteiger partial charge in [0.05, 0.1) is 11.1 Å². The van der Waals surface area contributed by atoms with Crippen LogP contribution in [0.2, 0.25) is 0 Å². The molecule has 0 atom stereocenters. The molecule has 0 spiro atoms. The van der Waals surface area contributed by atoms with Gasteiger partial charge in [0.15, 0.2) is 11.6 Å². The largest absolute Gasteiger partial charge is 0.426 e. The van der Waals surface area contributed by atoms with Crippen molar-refractivity contribution in [1.82, 2.24) is 0 Å². The summed E-state index contributed by atoms with van der Waals surface area (Å²) >= 11 is 0. The molecule has 7 heteroatoms. The van der Waals surface area contributed by atoms with E-state index in [2.05, 4.69) is 0 Å². The van der Waals surface area contributed by atoms with Crippen molar-refractivity contribution in [3.05, 3.63) is 58.1 Å². The second-order valence-electron chi connectivity index (χ2n) is 6.94. The summed E-state index contributed by atoms with van der Waals surface area (Å²) in [4.78, 5) is 61.9. The number of esters is 2. The van der Waals surface area contributed by atoms with E-state index in [0.29, 0.717) is 0 Å². The lowest BCUT2D eigenvalue weighted by molar-refractivity contribution is -0.132. The lowest BCUT2D eigenvalue weighted by Gasteiger charge is -2.22. The van der Waals surface area contributed by atoms with Crippen LogP contribution in [0.5, 0.6) is 11.5 Å². The molecule has 3 rings (SSSR count). The molecule has 2 aromatic rings. The van der Waals surface area contributed by atoms with Crippen LogP contribution in [0.3, 0.4) is 0 Å². The highest BCUT2D eigenvalue weighted by Gasteiger charge is 2.36. The highest BCUT2D eigenvalue weighted by molar-refractivity contribution is 6.31. The Morgan fingerprint density at radius 3 is 1.97 bits per heavy atom. The number of rotatable bonds is 4. The molecular formula is C22H18O7. The second-order valence-corrected chi connectivity index (χ2v) is 6.94. The topological polar surface area (TPSA) is 104 Å². The molecule has 2 aromatic carbocycles. The van der Waals surface area contributed by atoms with Crippen molar-refractivity contribution >= 4 is 29.3 Å². The molecule has 0 saturated heterocycles.